The van der Waals surface area contributed by atoms with E-state index in [2.05, 4.69) is 296 Å². The zero-order valence-corrected chi connectivity index (χ0v) is 42.1. The van der Waals surface area contributed by atoms with Gasteiger partial charge in [-0.3, -0.25) is 9.13 Å². The number of para-hydroxylation sites is 4. The Hall–Kier alpha value is -9.56. The van der Waals surface area contributed by atoms with Gasteiger partial charge in [-0.25, -0.2) is 9.97 Å². The SMILES string of the molecule is Brc1ccc2c(c1)N(c1ccccc1)c1cccc3nc(-c4ccccc4)n-2c13.c1ccc(-c2cc(-c3ccccc3)cc(-c3ccc4c(c3)N(c3ccccc3)c3cccc5nc(-c6ccccc6)n-4c35)c2)cc1. The van der Waals surface area contributed by atoms with Gasteiger partial charge in [-0.05, 0) is 130 Å². The van der Waals surface area contributed by atoms with Crippen molar-refractivity contribution in [3.05, 3.63) is 277 Å². The highest BCUT2D eigenvalue weighted by molar-refractivity contribution is 9.10. The first-order valence-electron chi connectivity index (χ1n) is 25.2. The Morgan fingerprint density at radius 1 is 0.253 bits per heavy atom. The predicted octanol–water partition coefficient (Wildman–Crippen LogP) is 18.7. The van der Waals surface area contributed by atoms with Gasteiger partial charge in [0.25, 0.3) is 0 Å². The van der Waals surface area contributed by atoms with Crippen molar-refractivity contribution in [2.45, 2.75) is 0 Å². The van der Waals surface area contributed by atoms with Crippen molar-refractivity contribution in [2.75, 3.05) is 9.80 Å². The van der Waals surface area contributed by atoms with Crippen LogP contribution in [0.1, 0.15) is 0 Å². The number of benzene rings is 11. The monoisotopic (exact) mass is 1020 g/mol. The quantitative estimate of drug-likeness (QED) is 0.160. The molecule has 15 rings (SSSR count). The Labute approximate surface area is 443 Å². The fourth-order valence-corrected chi connectivity index (χ4v) is 11.3. The zero-order valence-electron chi connectivity index (χ0n) is 40.5. The normalized spacial score (nSPS) is 12.0. The third-order valence-electron chi connectivity index (χ3n) is 14.2. The molecule has 0 unspecified atom stereocenters. The van der Waals surface area contributed by atoms with Crippen molar-refractivity contribution in [1.29, 1.82) is 0 Å². The lowest BCUT2D eigenvalue weighted by molar-refractivity contribution is 1.06. The van der Waals surface area contributed by atoms with E-state index < -0.39 is 0 Å². The number of fused-ring (bicyclic) bond motifs is 4. The summed E-state index contributed by atoms with van der Waals surface area (Å²) in [5.74, 6) is 1.91. The first kappa shape index (κ1) is 44.2. The summed E-state index contributed by atoms with van der Waals surface area (Å²) in [5.41, 5.74) is 22.5. The van der Waals surface area contributed by atoms with E-state index in [1.165, 1.54) is 27.8 Å². The molecule has 7 heteroatoms. The largest absolute Gasteiger partial charge is 0.306 e. The minimum Gasteiger partial charge on any atom is -0.306 e. The first-order chi connectivity index (χ1) is 37.1. The summed E-state index contributed by atoms with van der Waals surface area (Å²) in [6, 6.07) is 96.4. The lowest BCUT2D eigenvalue weighted by Gasteiger charge is -2.33. The van der Waals surface area contributed by atoms with Crippen molar-refractivity contribution in [3.8, 4) is 67.5 Å². The van der Waals surface area contributed by atoms with Crippen LogP contribution in [0.4, 0.5) is 34.1 Å². The van der Waals surface area contributed by atoms with E-state index in [-0.39, 0.29) is 0 Å². The maximum absolute atomic E-state index is 5.19. The summed E-state index contributed by atoms with van der Waals surface area (Å²) in [7, 11) is 0. The van der Waals surface area contributed by atoms with Gasteiger partial charge >= 0.3 is 0 Å². The Balaban J connectivity index is 0.000000153. The molecule has 2 aromatic heterocycles. The third kappa shape index (κ3) is 7.72. The van der Waals surface area contributed by atoms with Crippen molar-refractivity contribution in [2.24, 2.45) is 0 Å². The van der Waals surface area contributed by atoms with Crippen molar-refractivity contribution >= 4 is 72.1 Å². The summed E-state index contributed by atoms with van der Waals surface area (Å²) in [4.78, 5) is 14.9. The van der Waals surface area contributed by atoms with E-state index in [1.54, 1.807) is 0 Å². The minimum absolute atomic E-state index is 0.946. The van der Waals surface area contributed by atoms with E-state index >= 15 is 0 Å². The average molecular weight is 1030 g/mol. The molecule has 0 saturated heterocycles. The highest BCUT2D eigenvalue weighted by Gasteiger charge is 2.31. The number of aromatic nitrogens is 4. The fraction of sp³-hybridized carbons (Fsp3) is 0. The lowest BCUT2D eigenvalue weighted by atomic mass is 9.92. The summed E-state index contributed by atoms with van der Waals surface area (Å²) < 4.78 is 5.68. The van der Waals surface area contributed by atoms with Gasteiger partial charge in [0, 0.05) is 27.0 Å². The second-order valence-electron chi connectivity index (χ2n) is 18.8. The molecule has 0 radical (unpaired) electrons. The molecular weight excluding hydrogens is 981 g/mol. The number of hydrogen-bond acceptors (Lipinski definition) is 4. The molecule has 0 fully saturated rings. The molecule has 0 saturated carbocycles. The van der Waals surface area contributed by atoms with Gasteiger partial charge in [0.2, 0.25) is 0 Å². The van der Waals surface area contributed by atoms with Crippen LogP contribution in [0.5, 0.6) is 0 Å². The van der Waals surface area contributed by atoms with Gasteiger partial charge in [0.15, 0.2) is 0 Å². The van der Waals surface area contributed by atoms with Crippen molar-refractivity contribution < 1.29 is 0 Å². The third-order valence-corrected chi connectivity index (χ3v) is 14.7. The Bertz CT molecular complexity index is 4180. The molecule has 13 aromatic rings. The average Bonchev–Trinajstić information content (AvgIpc) is 4.09. The maximum atomic E-state index is 5.19. The molecular formula is C68H45BrN6. The van der Waals surface area contributed by atoms with Crippen LogP contribution in [0.15, 0.2) is 277 Å². The maximum Gasteiger partial charge on any atom is 0.145 e. The van der Waals surface area contributed by atoms with Crippen LogP contribution in [0, 0.1) is 0 Å². The molecule has 11 aromatic carbocycles. The number of halogens is 1. The molecule has 2 aliphatic rings. The Kier molecular flexibility index (Phi) is 10.9. The predicted molar refractivity (Wildman–Crippen MR) is 314 cm³/mol. The van der Waals surface area contributed by atoms with Crippen LogP contribution in [0.25, 0.3) is 89.6 Å². The molecule has 0 spiro atoms. The van der Waals surface area contributed by atoms with Gasteiger partial charge in [-0.15, -0.1) is 0 Å². The Morgan fingerprint density at radius 3 is 1.07 bits per heavy atom. The minimum atomic E-state index is 0.946. The van der Waals surface area contributed by atoms with E-state index in [9.17, 15) is 0 Å². The van der Waals surface area contributed by atoms with Crippen molar-refractivity contribution in [1.82, 2.24) is 19.1 Å². The van der Waals surface area contributed by atoms with Gasteiger partial charge in [-0.2, -0.15) is 0 Å². The van der Waals surface area contributed by atoms with Gasteiger partial charge < -0.3 is 9.80 Å². The summed E-state index contributed by atoms with van der Waals surface area (Å²) >= 11 is 3.67. The number of rotatable bonds is 7. The standard InChI is InChI=1S/C43H29N3.C25H16BrN3/c1-5-14-30(15-6-1)34-26-35(31-16-7-2-8-17-31)28-36(27-34)33-24-25-39-41(29-33)45(37-20-11-4-12-21-37)40-23-13-22-38-42(40)46(39)43(44-38)32-18-9-3-10-19-32;26-18-14-15-21-23(16-18)28(19-10-5-2-6-11-19)22-13-7-12-20-24(22)29(21)25(27-20)17-8-3-1-4-9-17/h1-29H;1-16H. The molecule has 4 heterocycles. The smallest absolute Gasteiger partial charge is 0.145 e. The first-order valence-corrected chi connectivity index (χ1v) is 26.0. The van der Waals surface area contributed by atoms with Crippen LogP contribution in [-0.4, -0.2) is 19.1 Å². The molecule has 6 nitrogen and oxygen atoms in total. The van der Waals surface area contributed by atoms with Gasteiger partial charge in [0.05, 0.1) is 56.2 Å². The molecule has 0 amide bonds. The topological polar surface area (TPSA) is 42.1 Å². The summed E-state index contributed by atoms with van der Waals surface area (Å²) in [6.45, 7) is 0. The second kappa shape index (κ2) is 18.5. The number of anilines is 6. The molecule has 0 bridgehead atoms. The van der Waals surface area contributed by atoms with Crippen molar-refractivity contribution in [3.63, 3.8) is 0 Å². The number of imidazole rings is 2. The molecule has 2 aliphatic heterocycles. The van der Waals surface area contributed by atoms with Gasteiger partial charge in [0.1, 0.15) is 11.6 Å². The number of nitrogens with zero attached hydrogens (tertiary/aromatic N) is 6. The van der Waals surface area contributed by atoms with E-state index in [4.69, 9.17) is 9.97 Å². The van der Waals surface area contributed by atoms with Crippen LogP contribution in [0.2, 0.25) is 0 Å². The zero-order chi connectivity index (χ0) is 49.8. The molecule has 0 atom stereocenters. The van der Waals surface area contributed by atoms with E-state index in [0.29, 0.717) is 0 Å². The molecule has 0 aliphatic carbocycles. The molecule has 0 N–H and O–H groups in total. The van der Waals surface area contributed by atoms with Crippen LogP contribution in [-0.2, 0) is 0 Å². The van der Waals surface area contributed by atoms with Gasteiger partial charge in [-0.1, -0.05) is 192 Å². The number of hydrogen-bond donors (Lipinski definition) is 0. The van der Waals surface area contributed by atoms with Crippen LogP contribution in [0.3, 0.4) is 0 Å². The van der Waals surface area contributed by atoms with E-state index in [0.717, 1.165) is 100 Å². The molecule has 75 heavy (non-hydrogen) atoms. The highest BCUT2D eigenvalue weighted by Crippen LogP contribution is 2.51. The summed E-state index contributed by atoms with van der Waals surface area (Å²) in [5, 5.41) is 0. The van der Waals surface area contributed by atoms with E-state index in [1.807, 2.05) is 12.1 Å². The van der Waals surface area contributed by atoms with Crippen LogP contribution < -0.4 is 9.80 Å². The molecule has 354 valence electrons. The lowest BCUT2D eigenvalue weighted by Crippen LogP contribution is -2.18. The summed E-state index contributed by atoms with van der Waals surface area (Å²) in [6.07, 6.45) is 0. The highest BCUT2D eigenvalue weighted by atomic mass is 79.9. The Morgan fingerprint density at radius 2 is 0.627 bits per heavy atom. The van der Waals surface area contributed by atoms with Crippen LogP contribution >= 0.6 is 15.9 Å². The fourth-order valence-electron chi connectivity index (χ4n) is 10.9. The second-order valence-corrected chi connectivity index (χ2v) is 19.7.